The Hall–Kier alpha value is -3.33. The Morgan fingerprint density at radius 3 is 1.93 bits per heavy atom. The summed E-state index contributed by atoms with van der Waals surface area (Å²) in [5, 5.41) is 37.0. The molecular formula is C19H20FNO7. The molecule has 0 aliphatic carbocycles. The molecule has 0 radical (unpaired) electrons. The topological polar surface area (TPSA) is 138 Å². The van der Waals surface area contributed by atoms with E-state index in [0.717, 1.165) is 34.4 Å². The summed E-state index contributed by atoms with van der Waals surface area (Å²) < 4.78 is 12.7. The molecule has 9 heteroatoms. The van der Waals surface area contributed by atoms with Crippen LogP contribution in [0.2, 0.25) is 0 Å². The van der Waals surface area contributed by atoms with Gasteiger partial charge in [-0.05, 0) is 61.6 Å². The van der Waals surface area contributed by atoms with Crippen molar-refractivity contribution in [3.05, 3.63) is 73.6 Å². The first-order chi connectivity index (χ1) is 12.9. The summed E-state index contributed by atoms with van der Waals surface area (Å²) in [7, 11) is 0. The van der Waals surface area contributed by atoms with Gasteiger partial charge in [-0.25, -0.2) is 14.0 Å². The molecule has 0 bridgehead atoms. The molecule has 150 valence electrons. The molecular weight excluding hydrogens is 373 g/mol. The summed E-state index contributed by atoms with van der Waals surface area (Å²) in [6.45, 7) is 7.51. The van der Waals surface area contributed by atoms with Crippen molar-refractivity contribution in [3.63, 3.8) is 0 Å². The number of carboxylic acid groups (broad SMARTS) is 2. The molecule has 1 atom stereocenters. The second kappa shape index (κ2) is 9.05. The van der Waals surface area contributed by atoms with E-state index in [1.807, 2.05) is 33.8 Å². The van der Waals surface area contributed by atoms with Crippen LogP contribution in [0.15, 0.2) is 24.3 Å². The molecule has 0 aromatic heterocycles. The number of carbonyl (C=O) groups is 2. The number of aliphatic hydroxyl groups excluding tert-OH is 1. The number of halogens is 1. The average molecular weight is 393 g/mol. The van der Waals surface area contributed by atoms with E-state index in [9.17, 15) is 29.2 Å². The van der Waals surface area contributed by atoms with Gasteiger partial charge in [-0.2, -0.15) is 0 Å². The highest BCUT2D eigenvalue weighted by Crippen LogP contribution is 2.27. The normalized spacial score (nSPS) is 11.2. The van der Waals surface area contributed by atoms with Crippen molar-refractivity contribution in [2.75, 3.05) is 0 Å². The quantitative estimate of drug-likeness (QED) is 0.534. The summed E-state index contributed by atoms with van der Waals surface area (Å²) in [6, 6.07) is 4.34. The number of nitrogens with zero attached hydrogens (tertiary/aromatic N) is 1. The van der Waals surface area contributed by atoms with E-state index in [2.05, 4.69) is 0 Å². The lowest BCUT2D eigenvalue weighted by molar-refractivity contribution is -0.384. The number of carboxylic acids is 2. The Bertz CT molecular complexity index is 914. The van der Waals surface area contributed by atoms with Crippen molar-refractivity contribution in [2.45, 2.75) is 33.8 Å². The van der Waals surface area contributed by atoms with Crippen molar-refractivity contribution in [2.24, 2.45) is 0 Å². The zero-order valence-corrected chi connectivity index (χ0v) is 15.7. The molecule has 28 heavy (non-hydrogen) atoms. The van der Waals surface area contributed by atoms with Crippen LogP contribution in [0.1, 0.15) is 44.3 Å². The number of aromatic carboxylic acids is 1. The van der Waals surface area contributed by atoms with Crippen LogP contribution < -0.4 is 0 Å². The summed E-state index contributed by atoms with van der Waals surface area (Å²) in [5.41, 5.74) is 3.11. The van der Waals surface area contributed by atoms with Crippen LogP contribution in [0.4, 0.5) is 10.1 Å². The lowest BCUT2D eigenvalue weighted by Crippen LogP contribution is -2.14. The average Bonchev–Trinajstić information content (AvgIpc) is 2.60. The van der Waals surface area contributed by atoms with Crippen LogP contribution in [0.5, 0.6) is 0 Å². The summed E-state index contributed by atoms with van der Waals surface area (Å²) in [5.74, 6) is -3.72. The molecule has 0 aliphatic rings. The maximum absolute atomic E-state index is 12.7. The van der Waals surface area contributed by atoms with E-state index in [4.69, 9.17) is 10.2 Å². The second-order valence-corrected chi connectivity index (χ2v) is 6.14. The van der Waals surface area contributed by atoms with E-state index in [1.54, 1.807) is 0 Å². The maximum Gasteiger partial charge on any atom is 0.338 e. The Labute approximate surface area is 160 Å². The molecule has 3 N–H and O–H groups in total. The fourth-order valence-corrected chi connectivity index (χ4v) is 2.57. The predicted molar refractivity (Wildman–Crippen MR) is 98.0 cm³/mol. The molecule has 0 fully saturated rings. The molecule has 8 nitrogen and oxygen atoms in total. The standard InChI is InChI=1S/C12H16O3.C7H4FNO4/c1-6-5-7(2)9(4)10(8(6)3)11(13)12(14)15;8-6-2-1-4(9(12)13)3-5(6)7(10)11/h5,11,13H,1-4H3,(H,14,15);1-3H,(H,10,11). The number of nitro benzene ring substituents is 1. The first kappa shape index (κ1) is 22.7. The van der Waals surface area contributed by atoms with Gasteiger partial charge in [0.25, 0.3) is 5.69 Å². The number of aliphatic hydroxyl groups is 1. The van der Waals surface area contributed by atoms with Crippen LogP contribution in [-0.2, 0) is 4.79 Å². The highest BCUT2D eigenvalue weighted by molar-refractivity contribution is 5.88. The van der Waals surface area contributed by atoms with Gasteiger partial charge in [0.05, 0.1) is 4.92 Å². The Morgan fingerprint density at radius 2 is 1.54 bits per heavy atom. The molecule has 0 spiro atoms. The lowest BCUT2D eigenvalue weighted by Gasteiger charge is -2.17. The summed E-state index contributed by atoms with van der Waals surface area (Å²) in [4.78, 5) is 30.5. The zero-order valence-electron chi connectivity index (χ0n) is 15.7. The van der Waals surface area contributed by atoms with Gasteiger partial charge < -0.3 is 15.3 Å². The number of non-ortho nitro benzene ring substituents is 1. The van der Waals surface area contributed by atoms with E-state index in [0.29, 0.717) is 11.6 Å². The smallest absolute Gasteiger partial charge is 0.338 e. The fraction of sp³-hybridized carbons (Fsp3) is 0.263. The van der Waals surface area contributed by atoms with Gasteiger partial charge in [-0.1, -0.05) is 6.07 Å². The Kier molecular flexibility index (Phi) is 7.34. The van der Waals surface area contributed by atoms with Crippen LogP contribution in [0.3, 0.4) is 0 Å². The lowest BCUT2D eigenvalue weighted by atomic mass is 9.91. The summed E-state index contributed by atoms with van der Waals surface area (Å²) in [6.07, 6.45) is -1.43. The minimum atomic E-state index is -1.53. The number of rotatable bonds is 4. The molecule has 0 aliphatic heterocycles. The largest absolute Gasteiger partial charge is 0.479 e. The molecule has 0 saturated carbocycles. The van der Waals surface area contributed by atoms with E-state index in [-0.39, 0.29) is 0 Å². The van der Waals surface area contributed by atoms with Crippen LogP contribution in [0, 0.1) is 43.6 Å². The van der Waals surface area contributed by atoms with Gasteiger partial charge in [-0.3, -0.25) is 10.1 Å². The number of benzene rings is 2. The van der Waals surface area contributed by atoms with Crippen molar-refractivity contribution >= 4 is 17.6 Å². The molecule has 0 amide bonds. The highest BCUT2D eigenvalue weighted by atomic mass is 19.1. The highest BCUT2D eigenvalue weighted by Gasteiger charge is 2.22. The fourth-order valence-electron chi connectivity index (χ4n) is 2.57. The minimum Gasteiger partial charge on any atom is -0.479 e. The zero-order chi connectivity index (χ0) is 21.8. The van der Waals surface area contributed by atoms with Crippen molar-refractivity contribution in [1.82, 2.24) is 0 Å². The number of hydrogen-bond acceptors (Lipinski definition) is 5. The Balaban J connectivity index is 0.000000283. The SMILES string of the molecule is Cc1cc(C)c(C)c(C(O)C(=O)O)c1C.O=C(O)c1cc([N+](=O)[O-])ccc1F. The third kappa shape index (κ3) is 5.10. The molecule has 2 rings (SSSR count). The van der Waals surface area contributed by atoms with Crippen molar-refractivity contribution in [3.8, 4) is 0 Å². The number of nitro groups is 1. The first-order valence-electron chi connectivity index (χ1n) is 8.03. The van der Waals surface area contributed by atoms with Crippen LogP contribution in [-0.4, -0.2) is 32.2 Å². The predicted octanol–water partition coefficient (Wildman–Crippen LogP) is 3.47. The third-order valence-corrected chi connectivity index (χ3v) is 4.32. The number of aliphatic carboxylic acids is 1. The molecule has 1 unspecified atom stereocenters. The van der Waals surface area contributed by atoms with Gasteiger partial charge in [0.1, 0.15) is 11.4 Å². The van der Waals surface area contributed by atoms with Gasteiger partial charge in [0.15, 0.2) is 6.10 Å². The van der Waals surface area contributed by atoms with Crippen molar-refractivity contribution < 1.29 is 34.2 Å². The van der Waals surface area contributed by atoms with Crippen LogP contribution >= 0.6 is 0 Å². The minimum absolute atomic E-state index is 0.446. The van der Waals surface area contributed by atoms with E-state index < -0.39 is 40.0 Å². The molecule has 2 aromatic rings. The van der Waals surface area contributed by atoms with Crippen LogP contribution in [0.25, 0.3) is 0 Å². The van der Waals surface area contributed by atoms with Gasteiger partial charge in [-0.15, -0.1) is 0 Å². The molecule has 0 saturated heterocycles. The van der Waals surface area contributed by atoms with Gasteiger partial charge in [0, 0.05) is 12.1 Å². The number of hydrogen-bond donors (Lipinski definition) is 3. The van der Waals surface area contributed by atoms with Gasteiger partial charge in [0.2, 0.25) is 0 Å². The molecule has 2 aromatic carbocycles. The van der Waals surface area contributed by atoms with E-state index in [1.165, 1.54) is 0 Å². The third-order valence-electron chi connectivity index (χ3n) is 4.32. The van der Waals surface area contributed by atoms with E-state index >= 15 is 0 Å². The number of aryl methyl sites for hydroxylation is 2. The van der Waals surface area contributed by atoms with Crippen molar-refractivity contribution in [1.29, 1.82) is 0 Å². The van der Waals surface area contributed by atoms with Gasteiger partial charge >= 0.3 is 11.9 Å². The maximum atomic E-state index is 12.7. The molecule has 0 heterocycles. The summed E-state index contributed by atoms with van der Waals surface area (Å²) >= 11 is 0. The first-order valence-corrected chi connectivity index (χ1v) is 8.03. The second-order valence-electron chi connectivity index (χ2n) is 6.14. The Morgan fingerprint density at radius 1 is 1.04 bits per heavy atom. The monoisotopic (exact) mass is 393 g/mol.